The van der Waals surface area contributed by atoms with E-state index in [1.807, 2.05) is 12.1 Å². The first-order valence-electron chi connectivity index (χ1n) is 22.0. The van der Waals surface area contributed by atoms with Gasteiger partial charge in [-0.15, -0.1) is 0 Å². The summed E-state index contributed by atoms with van der Waals surface area (Å²) in [6.45, 7) is 0. The van der Waals surface area contributed by atoms with Crippen LogP contribution in [0.15, 0.2) is 217 Å². The van der Waals surface area contributed by atoms with Crippen molar-refractivity contribution in [3.63, 3.8) is 0 Å². The second-order valence-electron chi connectivity index (χ2n) is 17.3. The molecular weight excluding hydrogens is 779 g/mol. The van der Waals surface area contributed by atoms with E-state index in [4.69, 9.17) is 4.42 Å². The van der Waals surface area contributed by atoms with Crippen LogP contribution in [0.25, 0.3) is 137 Å². The molecule has 64 heavy (non-hydrogen) atoms. The molecule has 0 atom stereocenters. The number of furan rings is 1. The highest BCUT2D eigenvalue weighted by molar-refractivity contribution is 6.24. The number of nitrogens with zero attached hydrogens (tertiary/aromatic N) is 3. The van der Waals surface area contributed by atoms with Crippen molar-refractivity contribution in [3.8, 4) is 33.6 Å². The minimum absolute atomic E-state index is 0.911. The summed E-state index contributed by atoms with van der Waals surface area (Å²) in [7, 11) is 0. The van der Waals surface area contributed by atoms with Gasteiger partial charge in [0.2, 0.25) is 0 Å². The van der Waals surface area contributed by atoms with Gasteiger partial charge in [-0.2, -0.15) is 0 Å². The molecule has 0 bridgehead atoms. The summed E-state index contributed by atoms with van der Waals surface area (Å²) in [5, 5.41) is 12.4. The van der Waals surface area contributed by atoms with Gasteiger partial charge in [0.25, 0.3) is 0 Å². The Bertz CT molecular complexity index is 4340. The molecule has 4 nitrogen and oxygen atoms in total. The summed E-state index contributed by atoms with van der Waals surface area (Å²) in [5.41, 5.74) is 17.4. The van der Waals surface area contributed by atoms with Gasteiger partial charge in [-0.05, 0) is 113 Å². The number of rotatable bonds is 4. The molecule has 0 saturated heterocycles. The minimum atomic E-state index is 0.911. The van der Waals surface area contributed by atoms with Crippen molar-refractivity contribution in [2.45, 2.75) is 0 Å². The zero-order valence-corrected chi connectivity index (χ0v) is 34.5. The van der Waals surface area contributed by atoms with Crippen LogP contribution in [0, 0.1) is 0 Å². The molecule has 0 unspecified atom stereocenters. The Hall–Kier alpha value is -8.60. The second-order valence-corrected chi connectivity index (χ2v) is 17.3. The van der Waals surface area contributed by atoms with Crippen LogP contribution in [-0.2, 0) is 0 Å². The van der Waals surface area contributed by atoms with E-state index in [2.05, 4.69) is 214 Å². The number of benzene rings is 10. The van der Waals surface area contributed by atoms with E-state index in [9.17, 15) is 0 Å². The largest absolute Gasteiger partial charge is 0.456 e. The Labute approximate surface area is 366 Å². The zero-order valence-electron chi connectivity index (χ0n) is 34.5. The molecule has 0 radical (unpaired) electrons. The number of hydrogen-bond acceptors (Lipinski definition) is 1. The van der Waals surface area contributed by atoms with Crippen molar-refractivity contribution in [1.82, 2.24) is 13.5 Å². The third-order valence-corrected chi connectivity index (χ3v) is 14.0. The average Bonchev–Trinajstić information content (AvgIpc) is 4.15. The molecule has 0 saturated carbocycles. The topological polar surface area (TPSA) is 27.4 Å². The molecule has 296 valence electrons. The lowest BCUT2D eigenvalue weighted by molar-refractivity contribution is 0.669. The van der Waals surface area contributed by atoms with Crippen molar-refractivity contribution < 1.29 is 4.42 Å². The lowest BCUT2D eigenvalue weighted by atomic mass is 10.0. The van der Waals surface area contributed by atoms with E-state index in [0.29, 0.717) is 0 Å². The summed E-state index contributed by atoms with van der Waals surface area (Å²) >= 11 is 0. The summed E-state index contributed by atoms with van der Waals surface area (Å²) in [6, 6.07) is 77.8. The molecule has 10 aromatic carbocycles. The monoisotopic (exact) mass is 813 g/mol. The predicted molar refractivity (Wildman–Crippen MR) is 268 cm³/mol. The van der Waals surface area contributed by atoms with Gasteiger partial charge in [0, 0.05) is 65.2 Å². The SMILES string of the molecule is c1ccc2c(c1)oc1cc(-c3ccc(-n4c5ccccc5c5cc(-c6ccc7c(c6)c6ccccc6n7-c6cc7c8ccccc8n8c9ccccc9c(c6)c78)ccc54)cc3)ccc12. The van der Waals surface area contributed by atoms with E-state index < -0.39 is 0 Å². The van der Waals surface area contributed by atoms with E-state index in [0.717, 1.165) is 38.8 Å². The molecule has 15 aromatic rings. The van der Waals surface area contributed by atoms with Gasteiger partial charge in [-0.3, -0.25) is 0 Å². The fourth-order valence-electron chi connectivity index (χ4n) is 11.1. The van der Waals surface area contributed by atoms with E-state index in [1.165, 1.54) is 98.5 Å². The standard InChI is InChI=1S/C60H35N3O/c1-6-16-52-42(11-1)48-31-37(24-29-56(48)61(52)40-26-21-36(22-27-40)39-23-28-47-46-15-5-10-20-58(46)64-59(47)33-39)38-25-30-57-49(32-38)43-12-2-7-17-53(43)62(57)41-34-50-44-13-3-8-18-54(44)63-55-19-9-4-14-45(55)51(35-41)60(50)63/h1-35H. The summed E-state index contributed by atoms with van der Waals surface area (Å²) in [5.74, 6) is 0. The molecule has 0 spiro atoms. The normalized spacial score (nSPS) is 12.4. The summed E-state index contributed by atoms with van der Waals surface area (Å²) < 4.78 is 13.5. The predicted octanol–water partition coefficient (Wildman–Crippen LogP) is 16.3. The first kappa shape index (κ1) is 34.0. The molecule has 15 rings (SSSR count). The maximum Gasteiger partial charge on any atom is 0.136 e. The van der Waals surface area contributed by atoms with Crippen LogP contribution >= 0.6 is 0 Å². The molecule has 5 heterocycles. The van der Waals surface area contributed by atoms with Crippen LogP contribution in [0.3, 0.4) is 0 Å². The van der Waals surface area contributed by atoms with Crippen LogP contribution < -0.4 is 0 Å². The molecule has 0 N–H and O–H groups in total. The molecule has 5 aromatic heterocycles. The maximum absolute atomic E-state index is 6.23. The maximum atomic E-state index is 6.23. The smallest absolute Gasteiger partial charge is 0.136 e. The Kier molecular flexibility index (Phi) is 6.65. The average molecular weight is 814 g/mol. The number of para-hydroxylation sites is 5. The second kappa shape index (κ2) is 12.5. The minimum Gasteiger partial charge on any atom is -0.456 e. The first-order chi connectivity index (χ1) is 31.7. The number of aromatic nitrogens is 3. The third kappa shape index (κ3) is 4.56. The van der Waals surface area contributed by atoms with Crippen molar-refractivity contribution in [1.29, 1.82) is 0 Å². The van der Waals surface area contributed by atoms with Gasteiger partial charge < -0.3 is 18.0 Å². The molecule has 0 aliphatic carbocycles. The number of hydrogen-bond donors (Lipinski definition) is 0. The highest BCUT2D eigenvalue weighted by atomic mass is 16.3. The van der Waals surface area contributed by atoms with Crippen LogP contribution in [0.2, 0.25) is 0 Å². The lowest BCUT2D eigenvalue weighted by Gasteiger charge is -2.11. The highest BCUT2D eigenvalue weighted by Gasteiger charge is 2.21. The molecule has 0 amide bonds. The third-order valence-electron chi connectivity index (χ3n) is 14.0. The van der Waals surface area contributed by atoms with Gasteiger partial charge >= 0.3 is 0 Å². The van der Waals surface area contributed by atoms with Gasteiger partial charge in [0.15, 0.2) is 0 Å². The van der Waals surface area contributed by atoms with Crippen molar-refractivity contribution >= 4 is 104 Å². The van der Waals surface area contributed by atoms with Gasteiger partial charge in [0.05, 0.1) is 38.6 Å². The van der Waals surface area contributed by atoms with Crippen LogP contribution in [-0.4, -0.2) is 13.5 Å². The quantitative estimate of drug-likeness (QED) is 0.174. The van der Waals surface area contributed by atoms with E-state index >= 15 is 0 Å². The Morgan fingerprint density at radius 1 is 0.250 bits per heavy atom. The number of fused-ring (bicyclic) bond motifs is 15. The molecular formula is C60H35N3O. The molecule has 0 fully saturated rings. The summed E-state index contributed by atoms with van der Waals surface area (Å²) in [4.78, 5) is 0. The van der Waals surface area contributed by atoms with E-state index in [1.54, 1.807) is 0 Å². The molecule has 0 aliphatic heterocycles. The van der Waals surface area contributed by atoms with Gasteiger partial charge in [-0.25, -0.2) is 0 Å². The fraction of sp³-hybridized carbons (Fsp3) is 0. The first-order valence-corrected chi connectivity index (χ1v) is 22.0. The zero-order chi connectivity index (χ0) is 41.6. The van der Waals surface area contributed by atoms with Crippen LogP contribution in [0.4, 0.5) is 0 Å². The Balaban J connectivity index is 0.858. The Morgan fingerprint density at radius 3 is 1.27 bits per heavy atom. The van der Waals surface area contributed by atoms with Crippen molar-refractivity contribution in [2.24, 2.45) is 0 Å². The molecule has 4 heteroatoms. The highest BCUT2D eigenvalue weighted by Crippen LogP contribution is 2.43. The van der Waals surface area contributed by atoms with Crippen LogP contribution in [0.1, 0.15) is 0 Å². The fourth-order valence-corrected chi connectivity index (χ4v) is 11.1. The molecule has 0 aliphatic rings. The van der Waals surface area contributed by atoms with Crippen molar-refractivity contribution in [3.05, 3.63) is 212 Å². The van der Waals surface area contributed by atoms with Gasteiger partial charge in [-0.1, -0.05) is 121 Å². The lowest BCUT2D eigenvalue weighted by Crippen LogP contribution is -1.94. The Morgan fingerprint density at radius 2 is 0.672 bits per heavy atom. The van der Waals surface area contributed by atoms with E-state index in [-0.39, 0.29) is 0 Å². The van der Waals surface area contributed by atoms with Gasteiger partial charge in [0.1, 0.15) is 11.2 Å². The van der Waals surface area contributed by atoms with Crippen LogP contribution in [0.5, 0.6) is 0 Å². The van der Waals surface area contributed by atoms with Crippen molar-refractivity contribution in [2.75, 3.05) is 0 Å². The summed E-state index contributed by atoms with van der Waals surface area (Å²) in [6.07, 6.45) is 0.